The molecule has 9 aromatic rings. The Morgan fingerprint density at radius 2 is 0.870 bits per heavy atom. The number of benzene rings is 5. The Morgan fingerprint density at radius 3 is 1.27 bits per heavy atom. The molecule has 688 valence electrons. The highest BCUT2D eigenvalue weighted by Crippen LogP contribution is 2.43. The van der Waals surface area contributed by atoms with Gasteiger partial charge in [-0.15, -0.1) is 0 Å². The number of nitrogens with one attached hydrogen (secondary N) is 5. The fourth-order valence-corrected chi connectivity index (χ4v) is 16.9. The number of Topliss-reactive ketones (excluding diaryl/α,β-unsaturated/α-hetero) is 1. The Hall–Kier alpha value is -14.0. The van der Waals surface area contributed by atoms with Crippen molar-refractivity contribution < 1.29 is 95.4 Å². The maximum Gasteiger partial charge on any atom is 0.416 e. The van der Waals surface area contributed by atoms with Crippen molar-refractivity contribution in [3.63, 3.8) is 0 Å². The molecule has 9 amide bonds. The fourth-order valence-electron chi connectivity index (χ4n) is 16.9. The molecule has 6 aliphatic heterocycles. The van der Waals surface area contributed by atoms with Crippen LogP contribution in [0.3, 0.4) is 0 Å². The average Bonchev–Trinajstić information content (AvgIpc) is 1.61. The highest BCUT2D eigenvalue weighted by atomic mass is 16.7. The van der Waals surface area contributed by atoms with E-state index in [1.807, 2.05) is 96.3 Å². The molecule has 6 atom stereocenters. The molecule has 4 fully saturated rings. The van der Waals surface area contributed by atoms with Crippen LogP contribution in [0.5, 0.6) is 11.5 Å². The number of anilines is 7. The monoisotopic (exact) mass is 1790 g/mol. The van der Waals surface area contributed by atoms with E-state index in [4.69, 9.17) is 47.5 Å². The van der Waals surface area contributed by atoms with E-state index in [-0.39, 0.29) is 92.6 Å². The zero-order valence-electron chi connectivity index (χ0n) is 74.7. The van der Waals surface area contributed by atoms with Gasteiger partial charge in [0.15, 0.2) is 30.8 Å². The topological polar surface area (TPSA) is 372 Å². The van der Waals surface area contributed by atoms with Gasteiger partial charge in [-0.3, -0.25) is 38.4 Å². The van der Waals surface area contributed by atoms with E-state index < -0.39 is 49.3 Å². The molecular weight excluding hydrogens is 1680 g/mol. The van der Waals surface area contributed by atoms with Crippen molar-refractivity contribution in [2.45, 2.75) is 161 Å². The van der Waals surface area contributed by atoms with Gasteiger partial charge in [-0.2, -0.15) is 9.59 Å². The summed E-state index contributed by atoms with van der Waals surface area (Å²) in [6.07, 6.45) is 19.1. The van der Waals surface area contributed by atoms with Gasteiger partial charge in [-0.1, -0.05) is 49.6 Å². The van der Waals surface area contributed by atoms with Crippen LogP contribution in [0.15, 0.2) is 178 Å². The van der Waals surface area contributed by atoms with Gasteiger partial charge in [0.25, 0.3) is 29.5 Å². The lowest BCUT2D eigenvalue weighted by atomic mass is 10.00. The molecule has 10 heterocycles. The van der Waals surface area contributed by atoms with Crippen molar-refractivity contribution in [3.05, 3.63) is 223 Å². The second-order valence-electron chi connectivity index (χ2n) is 33.0. The Bertz CT molecular complexity index is 5690. The lowest BCUT2D eigenvalue weighted by Gasteiger charge is -2.42. The van der Waals surface area contributed by atoms with Crippen LogP contribution in [0.1, 0.15) is 183 Å². The molecule has 131 heavy (non-hydrogen) atoms. The molecule has 4 saturated heterocycles. The fraction of sp³-hybridized carbons (Fsp3) is 0.378. The van der Waals surface area contributed by atoms with Crippen molar-refractivity contribution in [1.82, 2.24) is 28.1 Å². The summed E-state index contributed by atoms with van der Waals surface area (Å²) in [4.78, 5) is 156. The van der Waals surface area contributed by atoms with Crippen molar-refractivity contribution in [2.24, 2.45) is 28.2 Å². The standard InChI is InChI=1S/C53H59N7O10.C44H52N6O8.CO2/c1-6-24-69-53(66)60-43-30-46(33(2)27-41(43)51(65)59-23-9-7-12-42(59)52(60)70-48-14-8-10-25-68-48)67-26-11-13-47(62)54-40-29-45(58(5)32-40)50(64)56-39-21-17-36(18-22-39)37-28-44(57(4)31-37)49(63)55-38-19-15-35(16-20-38)34(3)61;1-5-21-57-44(54)50-36-26-38(29(2)24-34(36)42(53)49-19-8-6-11-35(49)43(50)58-40-13-7-9-22-56-40)55-23-10-12-39(51)45-33-25-37(48(4)28-33)41(52)46-32-16-14-30(15-17-32)31-18-20-47(3)27-31;2-1-3/h6,15-22,27-32,42,48,52H,1,7-14,23-26H2,2-5H3,(H,54,62)(H,55,63)(H,56,64);5,14-18,20,24-28,35,40,43H,1,6-13,19,21-23H2,2-4H3,(H,45,51)(H,46,52);/t42-,48?,52?;35-,40?,43?;/m00./s1. The Labute approximate surface area is 759 Å². The predicted octanol–water partition coefficient (Wildman–Crippen LogP) is 15.7. The molecule has 0 spiro atoms. The number of aromatic nitrogens is 4. The van der Waals surface area contributed by atoms with Crippen LogP contribution in [0.4, 0.5) is 49.4 Å². The zero-order valence-corrected chi connectivity index (χ0v) is 74.7. The molecule has 0 saturated carbocycles. The van der Waals surface area contributed by atoms with Gasteiger partial charge >= 0.3 is 18.3 Å². The smallest absolute Gasteiger partial charge is 0.416 e. The van der Waals surface area contributed by atoms with E-state index in [9.17, 15) is 47.9 Å². The Kier molecular flexibility index (Phi) is 32.0. The maximum atomic E-state index is 14.2. The van der Waals surface area contributed by atoms with Crippen molar-refractivity contribution in [3.8, 4) is 33.8 Å². The number of ether oxygens (including phenoxy) is 8. The largest absolute Gasteiger partial charge is 0.493 e. The number of hydrogen-bond donors (Lipinski definition) is 5. The van der Waals surface area contributed by atoms with E-state index in [2.05, 4.69) is 39.7 Å². The number of carbonyl (C=O) groups excluding carboxylic acids is 12. The van der Waals surface area contributed by atoms with E-state index >= 15 is 0 Å². The minimum atomic E-state index is -0.868. The minimum Gasteiger partial charge on any atom is -0.493 e. The van der Waals surface area contributed by atoms with Crippen LogP contribution < -0.4 is 45.9 Å². The van der Waals surface area contributed by atoms with E-state index in [1.54, 1.807) is 126 Å². The van der Waals surface area contributed by atoms with E-state index in [0.717, 1.165) is 73.6 Å². The predicted molar refractivity (Wildman–Crippen MR) is 489 cm³/mol. The maximum absolute atomic E-state index is 14.2. The number of amides is 9. The van der Waals surface area contributed by atoms with Crippen LogP contribution in [0, 0.1) is 13.8 Å². The molecule has 33 nitrogen and oxygen atoms in total. The average molecular weight is 1790 g/mol. The number of hydrogen-bond acceptors (Lipinski definition) is 20. The number of fused-ring (bicyclic) bond motifs is 4. The number of nitrogens with zero attached hydrogens (tertiary/aromatic N) is 8. The molecule has 0 bridgehead atoms. The van der Waals surface area contributed by atoms with Crippen LogP contribution in [-0.2, 0) is 75.8 Å². The first kappa shape index (κ1) is 94.6. The number of rotatable bonds is 29. The summed E-state index contributed by atoms with van der Waals surface area (Å²) in [5.74, 6) is -1.00. The summed E-state index contributed by atoms with van der Waals surface area (Å²) in [5.41, 5.74) is 11.0. The van der Waals surface area contributed by atoms with E-state index in [1.165, 1.54) is 28.9 Å². The lowest BCUT2D eigenvalue weighted by Crippen LogP contribution is -2.57. The third kappa shape index (κ3) is 23.6. The molecule has 33 heteroatoms. The Balaban J connectivity index is 0.000000220. The quantitative estimate of drug-likeness (QED) is 0.0165. The van der Waals surface area contributed by atoms with Gasteiger partial charge in [0, 0.05) is 139 Å². The van der Waals surface area contributed by atoms with Crippen LogP contribution in [-0.4, -0.2) is 183 Å². The van der Waals surface area contributed by atoms with Crippen LogP contribution in [0.2, 0.25) is 0 Å². The molecular formula is C98H111N13O20. The molecule has 4 aromatic heterocycles. The number of aryl methyl sites for hydroxylation is 6. The summed E-state index contributed by atoms with van der Waals surface area (Å²) < 4.78 is 55.7. The number of piperidine rings is 2. The highest BCUT2D eigenvalue weighted by molar-refractivity contribution is 6.09. The molecule has 15 rings (SSSR count). The van der Waals surface area contributed by atoms with Gasteiger partial charge in [-0.25, -0.2) is 19.4 Å². The second kappa shape index (κ2) is 44.4. The molecule has 0 aliphatic carbocycles. The van der Waals surface area contributed by atoms with Crippen LogP contribution >= 0.6 is 0 Å². The summed E-state index contributed by atoms with van der Waals surface area (Å²) in [6.45, 7) is 15.1. The summed E-state index contributed by atoms with van der Waals surface area (Å²) >= 11 is 0. The minimum absolute atomic E-state index is 0.0155. The van der Waals surface area contributed by atoms with Gasteiger partial charge < -0.3 is 92.5 Å². The molecule has 5 aromatic carbocycles. The molecule has 4 unspecified atom stereocenters. The Morgan fingerprint density at radius 1 is 0.466 bits per heavy atom. The third-order valence-corrected chi connectivity index (χ3v) is 23.5. The first-order chi connectivity index (χ1) is 63.3. The normalized spacial score (nSPS) is 17.9. The second-order valence-corrected chi connectivity index (χ2v) is 33.0. The lowest BCUT2D eigenvalue weighted by molar-refractivity contribution is -0.199. The van der Waals surface area contributed by atoms with E-state index in [0.29, 0.717) is 161 Å². The summed E-state index contributed by atoms with van der Waals surface area (Å²) in [7, 11) is 7.21. The van der Waals surface area contributed by atoms with Gasteiger partial charge in [0.2, 0.25) is 11.8 Å². The first-order valence-electron chi connectivity index (χ1n) is 44.1. The van der Waals surface area contributed by atoms with Crippen molar-refractivity contribution >= 4 is 105 Å². The molecule has 0 radical (unpaired) electrons. The number of ketones is 1. The summed E-state index contributed by atoms with van der Waals surface area (Å²) in [5, 5.41) is 14.5. The number of carbonyl (C=O) groups is 10. The van der Waals surface area contributed by atoms with Crippen molar-refractivity contribution in [1.29, 1.82) is 0 Å². The van der Waals surface area contributed by atoms with Crippen LogP contribution in [0.25, 0.3) is 22.3 Å². The van der Waals surface area contributed by atoms with Gasteiger partial charge in [0.05, 0.1) is 59.2 Å². The molecule has 6 aliphatic rings. The molecule has 5 N–H and O–H groups in total. The highest BCUT2D eigenvalue weighted by Gasteiger charge is 2.49. The third-order valence-electron chi connectivity index (χ3n) is 23.5. The van der Waals surface area contributed by atoms with Gasteiger partial charge in [-0.05, 0) is 223 Å². The zero-order chi connectivity index (χ0) is 92.9. The van der Waals surface area contributed by atoms with Crippen molar-refractivity contribution in [2.75, 3.05) is 89.1 Å². The van der Waals surface area contributed by atoms with Gasteiger partial charge in [0.1, 0.15) is 41.8 Å². The SMILES string of the molecule is C=CCOC(=O)N1c2cc(OCCCC(=O)Nc3cc(C(=O)Nc4ccc(-c5cc(C(=O)Nc6ccc(C(C)=O)cc6)n(C)c5)cc4)n(C)c3)c(C)cc2C(=O)N2CCCC[C@H]2C1OC1CCCCO1.C=CCOC(=O)N1c2cc(OCCCC(=O)Nc3cc(C(=O)Nc4ccc(-c5ccn(C)c5)cc4)n(C)c3)c(C)cc2C(=O)N2CCCC[C@H]2C1OC1CCCCO1.O=C=O. The first-order valence-corrected chi connectivity index (χ1v) is 44.1. The summed E-state index contributed by atoms with van der Waals surface area (Å²) in [6, 6.07) is 34.7.